The molecule has 0 aromatic carbocycles. The van der Waals surface area contributed by atoms with Crippen molar-refractivity contribution in [3.8, 4) is 0 Å². The van der Waals surface area contributed by atoms with Crippen molar-refractivity contribution in [2.24, 2.45) is 5.92 Å². The summed E-state index contributed by atoms with van der Waals surface area (Å²) in [6.45, 7) is 6.61. The van der Waals surface area contributed by atoms with Crippen molar-refractivity contribution in [2.75, 3.05) is 12.3 Å². The number of aromatic nitrogens is 2. The molecule has 1 aromatic rings. The van der Waals surface area contributed by atoms with Gasteiger partial charge in [-0.05, 0) is 12.8 Å². The minimum atomic E-state index is -0.211. The van der Waals surface area contributed by atoms with E-state index in [9.17, 15) is 4.79 Å². The SMILES string of the molecule is CCC(C)CNC(=O)c1n[nH]c(C)c1N. The quantitative estimate of drug-likeness (QED) is 0.695. The summed E-state index contributed by atoms with van der Waals surface area (Å²) in [6.07, 6.45) is 1.04. The molecule has 0 bridgehead atoms. The van der Waals surface area contributed by atoms with Gasteiger partial charge < -0.3 is 11.1 Å². The minimum absolute atomic E-state index is 0.211. The van der Waals surface area contributed by atoms with Gasteiger partial charge in [0.05, 0.1) is 11.4 Å². The van der Waals surface area contributed by atoms with Gasteiger partial charge in [0, 0.05) is 6.54 Å². The molecule has 1 aromatic heterocycles. The Balaban J connectivity index is 2.58. The molecule has 1 heterocycles. The van der Waals surface area contributed by atoms with Gasteiger partial charge in [0.25, 0.3) is 5.91 Å². The third-order valence-corrected chi connectivity index (χ3v) is 2.52. The predicted octanol–water partition coefficient (Wildman–Crippen LogP) is 1.08. The maximum absolute atomic E-state index is 11.6. The van der Waals surface area contributed by atoms with E-state index in [0.29, 0.717) is 18.2 Å². The second kappa shape index (κ2) is 4.82. The monoisotopic (exact) mass is 210 g/mol. The number of nitrogen functional groups attached to an aromatic ring is 1. The van der Waals surface area contributed by atoms with Gasteiger partial charge in [-0.1, -0.05) is 20.3 Å². The summed E-state index contributed by atoms with van der Waals surface area (Å²) in [4.78, 5) is 11.6. The number of hydrogen-bond acceptors (Lipinski definition) is 3. The van der Waals surface area contributed by atoms with Gasteiger partial charge in [-0.3, -0.25) is 9.89 Å². The predicted molar refractivity (Wildman–Crippen MR) is 59.5 cm³/mol. The van der Waals surface area contributed by atoms with E-state index in [-0.39, 0.29) is 11.6 Å². The Morgan fingerprint density at radius 3 is 2.80 bits per heavy atom. The Labute approximate surface area is 89.4 Å². The van der Waals surface area contributed by atoms with Crippen LogP contribution in [-0.4, -0.2) is 22.6 Å². The van der Waals surface area contributed by atoms with Gasteiger partial charge in [0.2, 0.25) is 0 Å². The molecule has 5 heteroatoms. The molecule has 1 rings (SSSR count). The van der Waals surface area contributed by atoms with Crippen LogP contribution in [0.4, 0.5) is 5.69 Å². The normalized spacial score (nSPS) is 12.5. The molecule has 1 unspecified atom stereocenters. The molecule has 0 fully saturated rings. The summed E-state index contributed by atoms with van der Waals surface area (Å²) in [6, 6.07) is 0. The first-order chi connectivity index (χ1) is 7.06. The third-order valence-electron chi connectivity index (χ3n) is 2.52. The smallest absolute Gasteiger partial charge is 0.273 e. The van der Waals surface area contributed by atoms with E-state index in [1.807, 2.05) is 0 Å². The first-order valence-electron chi connectivity index (χ1n) is 5.14. The first-order valence-corrected chi connectivity index (χ1v) is 5.14. The zero-order valence-corrected chi connectivity index (χ0v) is 9.42. The van der Waals surface area contributed by atoms with E-state index in [1.165, 1.54) is 0 Å². The van der Waals surface area contributed by atoms with Crippen LogP contribution in [-0.2, 0) is 0 Å². The number of carbonyl (C=O) groups is 1. The molecule has 0 spiro atoms. The number of amides is 1. The Bertz CT molecular complexity index is 345. The van der Waals surface area contributed by atoms with Crippen LogP contribution in [0.5, 0.6) is 0 Å². The molecule has 0 radical (unpaired) electrons. The van der Waals surface area contributed by atoms with Crippen molar-refractivity contribution in [1.29, 1.82) is 0 Å². The summed E-state index contributed by atoms with van der Waals surface area (Å²) in [7, 11) is 0. The Morgan fingerprint density at radius 2 is 2.33 bits per heavy atom. The number of anilines is 1. The lowest BCUT2D eigenvalue weighted by atomic mass is 10.1. The fourth-order valence-electron chi connectivity index (χ4n) is 1.11. The van der Waals surface area contributed by atoms with E-state index >= 15 is 0 Å². The summed E-state index contributed by atoms with van der Waals surface area (Å²) >= 11 is 0. The number of H-pyrrole nitrogens is 1. The molecule has 1 amide bonds. The summed E-state index contributed by atoms with van der Waals surface area (Å²) < 4.78 is 0. The summed E-state index contributed by atoms with van der Waals surface area (Å²) in [5, 5.41) is 9.34. The third kappa shape index (κ3) is 2.71. The highest BCUT2D eigenvalue weighted by Gasteiger charge is 2.15. The highest BCUT2D eigenvalue weighted by atomic mass is 16.1. The van der Waals surface area contributed by atoms with Gasteiger partial charge in [0.1, 0.15) is 0 Å². The van der Waals surface area contributed by atoms with Gasteiger partial charge >= 0.3 is 0 Å². The van der Waals surface area contributed by atoms with E-state index in [4.69, 9.17) is 5.73 Å². The summed E-state index contributed by atoms with van der Waals surface area (Å²) in [5.74, 6) is 0.257. The lowest BCUT2D eigenvalue weighted by Crippen LogP contribution is -2.28. The van der Waals surface area contributed by atoms with E-state index in [0.717, 1.165) is 12.1 Å². The van der Waals surface area contributed by atoms with E-state index < -0.39 is 0 Å². The van der Waals surface area contributed by atoms with Crippen LogP contribution in [0.25, 0.3) is 0 Å². The van der Waals surface area contributed by atoms with Crippen LogP contribution >= 0.6 is 0 Å². The Morgan fingerprint density at radius 1 is 1.67 bits per heavy atom. The van der Waals surface area contributed by atoms with Crippen LogP contribution in [0.1, 0.15) is 36.5 Å². The molecule has 15 heavy (non-hydrogen) atoms. The number of aromatic amines is 1. The van der Waals surface area contributed by atoms with Gasteiger partial charge in [-0.25, -0.2) is 0 Å². The lowest BCUT2D eigenvalue weighted by Gasteiger charge is -2.08. The number of nitrogens with zero attached hydrogens (tertiary/aromatic N) is 1. The Hall–Kier alpha value is -1.52. The number of nitrogens with two attached hydrogens (primary N) is 1. The molecule has 5 nitrogen and oxygen atoms in total. The van der Waals surface area contributed by atoms with Crippen LogP contribution in [0.2, 0.25) is 0 Å². The van der Waals surface area contributed by atoms with E-state index in [2.05, 4.69) is 29.4 Å². The number of hydrogen-bond donors (Lipinski definition) is 3. The number of carbonyl (C=O) groups excluding carboxylic acids is 1. The second-order valence-corrected chi connectivity index (χ2v) is 3.83. The van der Waals surface area contributed by atoms with E-state index in [1.54, 1.807) is 6.92 Å². The maximum atomic E-state index is 11.6. The summed E-state index contributed by atoms with van der Waals surface area (Å²) in [5.41, 5.74) is 7.13. The largest absolute Gasteiger partial charge is 0.395 e. The zero-order valence-electron chi connectivity index (χ0n) is 9.42. The number of nitrogens with one attached hydrogen (secondary N) is 2. The van der Waals surface area contributed by atoms with Crippen molar-refractivity contribution in [2.45, 2.75) is 27.2 Å². The second-order valence-electron chi connectivity index (χ2n) is 3.83. The van der Waals surface area contributed by atoms with Crippen LogP contribution in [0.15, 0.2) is 0 Å². The molecule has 0 aliphatic heterocycles. The average molecular weight is 210 g/mol. The molecule has 0 saturated carbocycles. The van der Waals surface area contributed by atoms with Crippen molar-refractivity contribution < 1.29 is 4.79 Å². The minimum Gasteiger partial charge on any atom is -0.395 e. The van der Waals surface area contributed by atoms with Gasteiger partial charge in [-0.2, -0.15) is 5.10 Å². The van der Waals surface area contributed by atoms with Crippen LogP contribution in [0.3, 0.4) is 0 Å². The number of rotatable bonds is 4. The molecule has 1 atom stereocenters. The maximum Gasteiger partial charge on any atom is 0.273 e. The molecule has 0 saturated heterocycles. The molecule has 0 aliphatic rings. The lowest BCUT2D eigenvalue weighted by molar-refractivity contribution is 0.0943. The van der Waals surface area contributed by atoms with Crippen molar-refractivity contribution in [3.63, 3.8) is 0 Å². The van der Waals surface area contributed by atoms with Crippen LogP contribution < -0.4 is 11.1 Å². The zero-order chi connectivity index (χ0) is 11.4. The number of aryl methyl sites for hydroxylation is 1. The fraction of sp³-hybridized carbons (Fsp3) is 0.600. The Kier molecular flexibility index (Phi) is 3.71. The highest BCUT2D eigenvalue weighted by molar-refractivity contribution is 5.97. The van der Waals surface area contributed by atoms with Gasteiger partial charge in [-0.15, -0.1) is 0 Å². The van der Waals surface area contributed by atoms with Gasteiger partial charge in [0.15, 0.2) is 5.69 Å². The standard InChI is InChI=1S/C10H18N4O/c1-4-6(2)5-12-10(15)9-8(11)7(3)13-14-9/h6H,4-5,11H2,1-3H3,(H,12,15)(H,13,14). The molecular weight excluding hydrogens is 192 g/mol. The molecule has 4 N–H and O–H groups in total. The molecule has 84 valence electrons. The topological polar surface area (TPSA) is 83.8 Å². The van der Waals surface area contributed by atoms with Crippen molar-refractivity contribution in [3.05, 3.63) is 11.4 Å². The van der Waals surface area contributed by atoms with Crippen LogP contribution in [0, 0.1) is 12.8 Å². The fourth-order valence-corrected chi connectivity index (χ4v) is 1.11. The first kappa shape index (κ1) is 11.6. The molecular formula is C10H18N4O. The molecule has 0 aliphatic carbocycles. The average Bonchev–Trinajstić information content (AvgIpc) is 2.56. The van der Waals surface area contributed by atoms with Crippen molar-refractivity contribution in [1.82, 2.24) is 15.5 Å². The highest BCUT2D eigenvalue weighted by Crippen LogP contribution is 2.12. The van der Waals surface area contributed by atoms with Crippen molar-refractivity contribution >= 4 is 11.6 Å².